The predicted octanol–water partition coefficient (Wildman–Crippen LogP) is 1.92. The summed E-state index contributed by atoms with van der Waals surface area (Å²) in [4.78, 5) is 6.73. The third kappa shape index (κ3) is 2.57. The standard InChI is InChI=1S/C13H16ClN5/c1-9-8-19(7-6-15-9)13-16-12(17-18-13)10-4-2-3-5-11(10)14/h2-5,9,15H,6-8H2,1H3,(H,16,17,18)/t9-/m0/s1. The second-order valence-electron chi connectivity index (χ2n) is 4.77. The van der Waals surface area contributed by atoms with Gasteiger partial charge in [-0.2, -0.15) is 4.98 Å². The van der Waals surface area contributed by atoms with E-state index in [-0.39, 0.29) is 0 Å². The molecule has 100 valence electrons. The van der Waals surface area contributed by atoms with Gasteiger partial charge in [-0.15, -0.1) is 5.10 Å². The molecule has 0 radical (unpaired) electrons. The molecule has 1 fully saturated rings. The Labute approximate surface area is 117 Å². The molecule has 1 aromatic carbocycles. The third-order valence-electron chi connectivity index (χ3n) is 3.25. The van der Waals surface area contributed by atoms with Crippen LogP contribution in [0.2, 0.25) is 5.02 Å². The molecular formula is C13H16ClN5. The lowest BCUT2D eigenvalue weighted by atomic mass is 10.2. The van der Waals surface area contributed by atoms with Crippen LogP contribution in [0.4, 0.5) is 5.95 Å². The van der Waals surface area contributed by atoms with Gasteiger partial charge in [0.25, 0.3) is 0 Å². The molecule has 6 heteroatoms. The van der Waals surface area contributed by atoms with Gasteiger partial charge in [-0.3, -0.25) is 5.10 Å². The van der Waals surface area contributed by atoms with Crippen LogP contribution < -0.4 is 10.2 Å². The Kier molecular flexibility index (Phi) is 3.40. The van der Waals surface area contributed by atoms with Crippen molar-refractivity contribution in [2.75, 3.05) is 24.5 Å². The Hall–Kier alpha value is -1.59. The number of rotatable bonds is 2. The van der Waals surface area contributed by atoms with E-state index in [0.717, 1.165) is 31.1 Å². The SMILES string of the molecule is C[C@H]1CN(c2n[nH]c(-c3ccccc3Cl)n2)CCN1. The fourth-order valence-electron chi connectivity index (χ4n) is 2.28. The van der Waals surface area contributed by atoms with Crippen molar-refractivity contribution in [2.45, 2.75) is 13.0 Å². The molecule has 0 saturated carbocycles. The molecule has 0 unspecified atom stereocenters. The van der Waals surface area contributed by atoms with Crippen molar-refractivity contribution < 1.29 is 0 Å². The van der Waals surface area contributed by atoms with Crippen molar-refractivity contribution in [2.24, 2.45) is 0 Å². The number of aromatic nitrogens is 3. The highest BCUT2D eigenvalue weighted by molar-refractivity contribution is 6.33. The van der Waals surface area contributed by atoms with Crippen LogP contribution in [0, 0.1) is 0 Å². The number of anilines is 1. The monoisotopic (exact) mass is 277 g/mol. The van der Waals surface area contributed by atoms with E-state index in [4.69, 9.17) is 11.6 Å². The molecule has 3 rings (SSSR count). The second kappa shape index (κ2) is 5.19. The fraction of sp³-hybridized carbons (Fsp3) is 0.385. The molecule has 2 N–H and O–H groups in total. The number of benzene rings is 1. The van der Waals surface area contributed by atoms with Crippen LogP contribution in [0.15, 0.2) is 24.3 Å². The molecule has 19 heavy (non-hydrogen) atoms. The number of nitrogens with zero attached hydrogens (tertiary/aromatic N) is 3. The molecule has 1 saturated heterocycles. The average Bonchev–Trinajstić information content (AvgIpc) is 2.89. The van der Waals surface area contributed by atoms with E-state index in [2.05, 4.69) is 32.3 Å². The zero-order valence-electron chi connectivity index (χ0n) is 10.7. The van der Waals surface area contributed by atoms with Gasteiger partial charge in [0.1, 0.15) is 0 Å². The minimum absolute atomic E-state index is 0.455. The highest BCUT2D eigenvalue weighted by Crippen LogP contribution is 2.25. The number of hydrogen-bond acceptors (Lipinski definition) is 4. The number of H-pyrrole nitrogens is 1. The first-order chi connectivity index (χ1) is 9.24. The lowest BCUT2D eigenvalue weighted by Crippen LogP contribution is -2.49. The van der Waals surface area contributed by atoms with Gasteiger partial charge in [-0.25, -0.2) is 0 Å². The van der Waals surface area contributed by atoms with Gasteiger partial charge in [0.15, 0.2) is 5.82 Å². The van der Waals surface area contributed by atoms with Crippen molar-refractivity contribution in [1.29, 1.82) is 0 Å². The van der Waals surface area contributed by atoms with Crippen LogP contribution in [0.25, 0.3) is 11.4 Å². The summed E-state index contributed by atoms with van der Waals surface area (Å²) in [6.45, 7) is 4.95. The average molecular weight is 278 g/mol. The number of piperazine rings is 1. The molecule has 0 amide bonds. The number of aromatic amines is 1. The van der Waals surface area contributed by atoms with Gasteiger partial charge in [0.05, 0.1) is 5.02 Å². The highest BCUT2D eigenvalue weighted by atomic mass is 35.5. The molecule has 0 aliphatic carbocycles. The molecule has 1 atom stereocenters. The Morgan fingerprint density at radius 2 is 2.21 bits per heavy atom. The van der Waals surface area contributed by atoms with E-state index in [1.54, 1.807) is 0 Å². The molecular weight excluding hydrogens is 262 g/mol. The first-order valence-electron chi connectivity index (χ1n) is 6.39. The molecule has 1 aromatic heterocycles. The Morgan fingerprint density at radius 3 is 3.00 bits per heavy atom. The highest BCUT2D eigenvalue weighted by Gasteiger charge is 2.19. The first kappa shape index (κ1) is 12.4. The molecule has 2 heterocycles. The zero-order chi connectivity index (χ0) is 13.2. The topological polar surface area (TPSA) is 56.8 Å². The zero-order valence-corrected chi connectivity index (χ0v) is 11.5. The van der Waals surface area contributed by atoms with Crippen LogP contribution in [-0.2, 0) is 0 Å². The van der Waals surface area contributed by atoms with Crippen LogP contribution in [0.1, 0.15) is 6.92 Å². The molecule has 5 nitrogen and oxygen atoms in total. The lowest BCUT2D eigenvalue weighted by Gasteiger charge is -2.30. The van der Waals surface area contributed by atoms with Crippen LogP contribution in [-0.4, -0.2) is 40.9 Å². The van der Waals surface area contributed by atoms with Crippen molar-refractivity contribution in [3.63, 3.8) is 0 Å². The van der Waals surface area contributed by atoms with Crippen LogP contribution in [0.3, 0.4) is 0 Å². The second-order valence-corrected chi connectivity index (χ2v) is 5.17. The van der Waals surface area contributed by atoms with E-state index in [1.807, 2.05) is 24.3 Å². The fourth-order valence-corrected chi connectivity index (χ4v) is 2.51. The quantitative estimate of drug-likeness (QED) is 0.881. The van der Waals surface area contributed by atoms with Crippen molar-refractivity contribution in [1.82, 2.24) is 20.5 Å². The summed E-state index contributed by atoms with van der Waals surface area (Å²) in [5.41, 5.74) is 0.881. The van der Waals surface area contributed by atoms with E-state index in [9.17, 15) is 0 Å². The Bertz CT molecular complexity index is 568. The summed E-state index contributed by atoms with van der Waals surface area (Å²) < 4.78 is 0. The number of halogens is 1. The molecule has 2 aromatic rings. The first-order valence-corrected chi connectivity index (χ1v) is 6.77. The van der Waals surface area contributed by atoms with Gasteiger partial charge in [-0.1, -0.05) is 23.7 Å². The Morgan fingerprint density at radius 1 is 1.37 bits per heavy atom. The summed E-state index contributed by atoms with van der Waals surface area (Å²) in [7, 11) is 0. The van der Waals surface area contributed by atoms with E-state index < -0.39 is 0 Å². The maximum atomic E-state index is 6.17. The minimum Gasteiger partial charge on any atom is -0.337 e. The molecule has 0 spiro atoms. The van der Waals surface area contributed by atoms with Crippen LogP contribution in [0.5, 0.6) is 0 Å². The molecule has 1 aliphatic rings. The van der Waals surface area contributed by atoms with Gasteiger partial charge in [0, 0.05) is 31.2 Å². The van der Waals surface area contributed by atoms with Gasteiger partial charge >= 0.3 is 0 Å². The smallest absolute Gasteiger partial charge is 0.245 e. The summed E-state index contributed by atoms with van der Waals surface area (Å²) in [5, 5.41) is 11.3. The van der Waals surface area contributed by atoms with E-state index in [0.29, 0.717) is 16.9 Å². The summed E-state index contributed by atoms with van der Waals surface area (Å²) >= 11 is 6.17. The normalized spacial score (nSPS) is 19.7. The van der Waals surface area contributed by atoms with Gasteiger partial charge < -0.3 is 10.2 Å². The molecule has 1 aliphatic heterocycles. The third-order valence-corrected chi connectivity index (χ3v) is 3.58. The number of nitrogens with one attached hydrogen (secondary N) is 2. The maximum absolute atomic E-state index is 6.17. The predicted molar refractivity (Wildman–Crippen MR) is 76.5 cm³/mol. The Balaban J connectivity index is 1.85. The summed E-state index contributed by atoms with van der Waals surface area (Å²) in [5.74, 6) is 1.45. The maximum Gasteiger partial charge on any atom is 0.245 e. The summed E-state index contributed by atoms with van der Waals surface area (Å²) in [6, 6.07) is 8.09. The van der Waals surface area contributed by atoms with Gasteiger partial charge in [-0.05, 0) is 19.1 Å². The van der Waals surface area contributed by atoms with Gasteiger partial charge in [0.2, 0.25) is 5.95 Å². The molecule has 0 bridgehead atoms. The van der Waals surface area contributed by atoms with Crippen molar-refractivity contribution in [3.8, 4) is 11.4 Å². The van der Waals surface area contributed by atoms with E-state index >= 15 is 0 Å². The summed E-state index contributed by atoms with van der Waals surface area (Å²) in [6.07, 6.45) is 0. The number of hydrogen-bond donors (Lipinski definition) is 2. The van der Waals surface area contributed by atoms with Crippen LogP contribution >= 0.6 is 11.6 Å². The van der Waals surface area contributed by atoms with Crippen molar-refractivity contribution >= 4 is 17.5 Å². The lowest BCUT2D eigenvalue weighted by molar-refractivity contribution is 0.480. The minimum atomic E-state index is 0.455. The van der Waals surface area contributed by atoms with E-state index in [1.165, 1.54) is 0 Å². The van der Waals surface area contributed by atoms with Crippen molar-refractivity contribution in [3.05, 3.63) is 29.3 Å². The largest absolute Gasteiger partial charge is 0.337 e.